The van der Waals surface area contributed by atoms with Gasteiger partial charge in [-0.1, -0.05) is 42.5 Å². The zero-order chi connectivity index (χ0) is 23.0. The van der Waals surface area contributed by atoms with E-state index in [2.05, 4.69) is 10.0 Å². The molecule has 0 saturated carbocycles. The minimum atomic E-state index is -3.92. The summed E-state index contributed by atoms with van der Waals surface area (Å²) in [4.78, 5) is 12.4. The molecule has 0 radical (unpaired) electrons. The van der Waals surface area contributed by atoms with Crippen molar-refractivity contribution in [2.24, 2.45) is 0 Å². The highest BCUT2D eigenvalue weighted by Crippen LogP contribution is 2.30. The van der Waals surface area contributed by atoms with Crippen LogP contribution in [-0.2, 0) is 20.6 Å². The maximum Gasteiger partial charge on any atom is 0.262 e. The quantitative estimate of drug-likeness (QED) is 0.455. The van der Waals surface area contributed by atoms with Gasteiger partial charge in [-0.05, 0) is 35.9 Å². The van der Waals surface area contributed by atoms with Crippen LogP contribution in [0.15, 0.2) is 77.7 Å². The molecule has 32 heavy (non-hydrogen) atoms. The molecule has 3 aromatic rings. The lowest BCUT2D eigenvalue weighted by Crippen LogP contribution is -2.17. The summed E-state index contributed by atoms with van der Waals surface area (Å²) in [5, 5.41) is 2.74. The van der Waals surface area contributed by atoms with Gasteiger partial charge in [0.05, 0.1) is 36.2 Å². The molecule has 0 fully saturated rings. The number of thioether (sulfide) groups is 1. The molecular weight excluding hydrogens is 448 g/mol. The molecule has 0 aliphatic carbocycles. The molecule has 0 saturated heterocycles. The second-order valence-corrected chi connectivity index (χ2v) is 9.36. The zero-order valence-corrected chi connectivity index (χ0v) is 19.3. The summed E-state index contributed by atoms with van der Waals surface area (Å²) in [5.41, 5.74) is 1.72. The lowest BCUT2D eigenvalue weighted by molar-refractivity contribution is -0.113. The topological polar surface area (TPSA) is 93.7 Å². The summed E-state index contributed by atoms with van der Waals surface area (Å²) in [5.74, 6) is 1.42. The number of hydrogen-bond acceptors (Lipinski definition) is 6. The number of rotatable bonds is 10. The fourth-order valence-electron chi connectivity index (χ4n) is 2.91. The lowest BCUT2D eigenvalue weighted by Gasteiger charge is -2.14. The number of sulfonamides is 1. The van der Waals surface area contributed by atoms with Gasteiger partial charge < -0.3 is 14.8 Å². The molecule has 168 valence electrons. The van der Waals surface area contributed by atoms with E-state index in [0.717, 1.165) is 5.56 Å². The number of para-hydroxylation sites is 2. The molecule has 0 bridgehead atoms. The van der Waals surface area contributed by atoms with Gasteiger partial charge in [-0.15, -0.1) is 11.8 Å². The Balaban J connectivity index is 1.72. The van der Waals surface area contributed by atoms with Crippen molar-refractivity contribution in [1.82, 2.24) is 0 Å². The molecule has 0 atom stereocenters. The molecule has 7 nitrogen and oxygen atoms in total. The van der Waals surface area contributed by atoms with Crippen LogP contribution in [0.3, 0.4) is 0 Å². The van der Waals surface area contributed by atoms with Crippen LogP contribution in [0.1, 0.15) is 5.56 Å². The normalized spacial score (nSPS) is 10.9. The summed E-state index contributed by atoms with van der Waals surface area (Å²) < 4.78 is 38.8. The predicted molar refractivity (Wildman–Crippen MR) is 128 cm³/mol. The Labute approximate surface area is 192 Å². The third-order valence-electron chi connectivity index (χ3n) is 4.45. The van der Waals surface area contributed by atoms with E-state index in [1.807, 2.05) is 30.3 Å². The zero-order valence-electron chi connectivity index (χ0n) is 17.7. The van der Waals surface area contributed by atoms with Crippen LogP contribution in [-0.4, -0.2) is 34.3 Å². The number of anilines is 2. The fraction of sp³-hybridized carbons (Fsp3) is 0.174. The number of benzene rings is 3. The van der Waals surface area contributed by atoms with Crippen LogP contribution in [0.5, 0.6) is 11.5 Å². The predicted octanol–water partition coefficient (Wildman–Crippen LogP) is 4.38. The molecule has 1 amide bonds. The van der Waals surface area contributed by atoms with Crippen molar-refractivity contribution in [1.29, 1.82) is 0 Å². The van der Waals surface area contributed by atoms with E-state index in [-0.39, 0.29) is 22.2 Å². The summed E-state index contributed by atoms with van der Waals surface area (Å²) in [6, 6.07) is 20.8. The van der Waals surface area contributed by atoms with Crippen molar-refractivity contribution < 1.29 is 22.7 Å². The maximum atomic E-state index is 12.9. The van der Waals surface area contributed by atoms with Crippen LogP contribution in [0.2, 0.25) is 0 Å². The van der Waals surface area contributed by atoms with Crippen LogP contribution in [0, 0.1) is 0 Å². The summed E-state index contributed by atoms with van der Waals surface area (Å²) in [6.07, 6.45) is 0. The Bertz CT molecular complexity index is 1170. The van der Waals surface area contributed by atoms with Gasteiger partial charge in [-0.2, -0.15) is 0 Å². The standard InChI is InChI=1S/C23H24N2O5S2/c1-29-21-11-7-6-10-19(21)25-32(27,28)18-12-13-22(30-2)20(14-18)24-23(26)16-31-15-17-8-4-3-5-9-17/h3-14,25H,15-16H2,1-2H3,(H,24,26). The number of amides is 1. The first-order chi connectivity index (χ1) is 15.4. The van der Waals surface area contributed by atoms with Crippen molar-refractivity contribution in [3.63, 3.8) is 0 Å². The number of carbonyl (C=O) groups is 1. The smallest absolute Gasteiger partial charge is 0.262 e. The van der Waals surface area contributed by atoms with E-state index < -0.39 is 10.0 Å². The average molecular weight is 473 g/mol. The van der Waals surface area contributed by atoms with Crippen LogP contribution in [0.4, 0.5) is 11.4 Å². The van der Waals surface area contributed by atoms with Gasteiger partial charge in [-0.25, -0.2) is 8.42 Å². The molecule has 0 aromatic heterocycles. The highest BCUT2D eigenvalue weighted by molar-refractivity contribution is 7.99. The third-order valence-corrected chi connectivity index (χ3v) is 6.82. The Morgan fingerprint density at radius 2 is 1.53 bits per heavy atom. The van der Waals surface area contributed by atoms with Crippen molar-refractivity contribution in [2.45, 2.75) is 10.6 Å². The molecule has 3 aromatic carbocycles. The van der Waals surface area contributed by atoms with Gasteiger partial charge >= 0.3 is 0 Å². The van der Waals surface area contributed by atoms with Crippen molar-refractivity contribution in [3.8, 4) is 11.5 Å². The highest BCUT2D eigenvalue weighted by atomic mass is 32.2. The number of carbonyl (C=O) groups excluding carboxylic acids is 1. The summed E-state index contributed by atoms with van der Waals surface area (Å²) >= 11 is 1.47. The Morgan fingerprint density at radius 3 is 2.25 bits per heavy atom. The number of methoxy groups -OCH3 is 2. The van der Waals surface area contributed by atoms with Gasteiger partial charge in [0.2, 0.25) is 5.91 Å². The lowest BCUT2D eigenvalue weighted by atomic mass is 10.2. The van der Waals surface area contributed by atoms with Gasteiger partial charge in [0.15, 0.2) is 0 Å². The van der Waals surface area contributed by atoms with Crippen LogP contribution < -0.4 is 19.5 Å². The maximum absolute atomic E-state index is 12.9. The van der Waals surface area contributed by atoms with E-state index >= 15 is 0 Å². The largest absolute Gasteiger partial charge is 0.495 e. The average Bonchev–Trinajstić information content (AvgIpc) is 2.80. The first kappa shape index (κ1) is 23.5. The second kappa shape index (κ2) is 10.9. The second-order valence-electron chi connectivity index (χ2n) is 6.69. The Kier molecular flexibility index (Phi) is 8.02. The van der Waals surface area contributed by atoms with Gasteiger partial charge in [0.1, 0.15) is 11.5 Å². The molecule has 3 rings (SSSR count). The molecule has 0 spiro atoms. The third kappa shape index (κ3) is 6.18. The van der Waals surface area contributed by atoms with E-state index in [9.17, 15) is 13.2 Å². The summed E-state index contributed by atoms with van der Waals surface area (Å²) in [7, 11) is -1.01. The molecule has 9 heteroatoms. The van der Waals surface area contributed by atoms with Gasteiger partial charge in [0, 0.05) is 5.75 Å². The van der Waals surface area contributed by atoms with Crippen LogP contribution in [0.25, 0.3) is 0 Å². The van der Waals surface area contributed by atoms with Crippen LogP contribution >= 0.6 is 11.8 Å². The van der Waals surface area contributed by atoms with E-state index in [0.29, 0.717) is 22.9 Å². The van der Waals surface area contributed by atoms with E-state index in [1.165, 1.54) is 44.2 Å². The minimum absolute atomic E-state index is 0.0172. The molecule has 0 aliphatic rings. The van der Waals surface area contributed by atoms with Crippen molar-refractivity contribution in [2.75, 3.05) is 30.0 Å². The van der Waals surface area contributed by atoms with Crippen molar-refractivity contribution >= 4 is 39.1 Å². The Morgan fingerprint density at radius 1 is 0.875 bits per heavy atom. The molecule has 0 unspecified atom stereocenters. The molecule has 2 N–H and O–H groups in total. The van der Waals surface area contributed by atoms with Gasteiger partial charge in [-0.3, -0.25) is 9.52 Å². The molecular formula is C23H24N2O5S2. The molecule has 0 aliphatic heterocycles. The van der Waals surface area contributed by atoms with E-state index in [1.54, 1.807) is 24.3 Å². The number of ether oxygens (including phenoxy) is 2. The van der Waals surface area contributed by atoms with E-state index in [4.69, 9.17) is 9.47 Å². The monoisotopic (exact) mass is 472 g/mol. The first-order valence-corrected chi connectivity index (χ1v) is 12.3. The highest BCUT2D eigenvalue weighted by Gasteiger charge is 2.19. The first-order valence-electron chi connectivity index (χ1n) is 9.68. The summed E-state index contributed by atoms with van der Waals surface area (Å²) in [6.45, 7) is 0. The minimum Gasteiger partial charge on any atom is -0.495 e. The van der Waals surface area contributed by atoms with Crippen molar-refractivity contribution in [3.05, 3.63) is 78.4 Å². The van der Waals surface area contributed by atoms with Gasteiger partial charge in [0.25, 0.3) is 10.0 Å². The molecule has 0 heterocycles. The SMILES string of the molecule is COc1ccc(S(=O)(=O)Nc2ccccc2OC)cc1NC(=O)CSCc1ccccc1. The number of nitrogens with one attached hydrogen (secondary N) is 2. The fourth-order valence-corrected chi connectivity index (χ4v) is 4.79. The number of hydrogen-bond donors (Lipinski definition) is 2. The Hall–Kier alpha value is -3.17.